The van der Waals surface area contributed by atoms with Crippen molar-refractivity contribution >= 4 is 0 Å². The lowest BCUT2D eigenvalue weighted by molar-refractivity contribution is -0.130. The van der Waals surface area contributed by atoms with Crippen molar-refractivity contribution in [1.82, 2.24) is 5.32 Å². The van der Waals surface area contributed by atoms with Crippen LogP contribution in [-0.2, 0) is 9.47 Å². The molecule has 0 aromatic carbocycles. The Hall–Kier alpha value is -0.120. The van der Waals surface area contributed by atoms with Gasteiger partial charge in [0.15, 0.2) is 0 Å². The largest absolute Gasteiger partial charge is 0.379 e. The highest BCUT2D eigenvalue weighted by molar-refractivity contribution is 4.96. The quantitative estimate of drug-likeness (QED) is 0.644. The maximum atomic E-state index is 5.50. The summed E-state index contributed by atoms with van der Waals surface area (Å²) in [6.07, 6.45) is 1.62. The monoisotopic (exact) mass is 159 g/mol. The summed E-state index contributed by atoms with van der Waals surface area (Å²) in [5.41, 5.74) is 0. The Morgan fingerprint density at radius 2 is 2.27 bits per heavy atom. The maximum Gasteiger partial charge on any atom is 0.0990 e. The molecule has 3 heteroatoms. The molecule has 0 aliphatic heterocycles. The zero-order chi connectivity index (χ0) is 8.27. The number of rotatable bonds is 4. The van der Waals surface area contributed by atoms with Crippen molar-refractivity contribution in [2.45, 2.75) is 31.6 Å². The van der Waals surface area contributed by atoms with E-state index >= 15 is 0 Å². The van der Waals surface area contributed by atoms with E-state index in [0.29, 0.717) is 12.1 Å². The molecule has 1 N–H and O–H groups in total. The van der Waals surface area contributed by atoms with E-state index in [9.17, 15) is 0 Å². The number of nitrogens with one attached hydrogen (secondary N) is 1. The standard InChI is InChI=1S/C8H17NO2/c1-4-11-8-6(9-2)5-7(8)10-3/h6-9H,4-5H2,1-3H3. The predicted molar refractivity (Wildman–Crippen MR) is 43.7 cm³/mol. The molecule has 3 nitrogen and oxygen atoms in total. The molecule has 0 aromatic rings. The van der Waals surface area contributed by atoms with Gasteiger partial charge in [-0.15, -0.1) is 0 Å². The van der Waals surface area contributed by atoms with Gasteiger partial charge in [-0.1, -0.05) is 0 Å². The Morgan fingerprint density at radius 3 is 2.73 bits per heavy atom. The Kier molecular flexibility index (Phi) is 3.30. The van der Waals surface area contributed by atoms with Gasteiger partial charge in [-0.05, 0) is 20.4 Å². The van der Waals surface area contributed by atoms with Gasteiger partial charge >= 0.3 is 0 Å². The average molecular weight is 159 g/mol. The van der Waals surface area contributed by atoms with Crippen LogP contribution in [0.15, 0.2) is 0 Å². The highest BCUT2D eigenvalue weighted by Crippen LogP contribution is 2.26. The van der Waals surface area contributed by atoms with Crippen LogP contribution in [0.4, 0.5) is 0 Å². The lowest BCUT2D eigenvalue weighted by atomic mass is 9.85. The van der Waals surface area contributed by atoms with E-state index in [4.69, 9.17) is 9.47 Å². The number of ether oxygens (including phenoxy) is 2. The molecule has 0 saturated heterocycles. The van der Waals surface area contributed by atoms with Gasteiger partial charge in [0.25, 0.3) is 0 Å². The molecule has 0 heterocycles. The smallest absolute Gasteiger partial charge is 0.0990 e. The summed E-state index contributed by atoms with van der Waals surface area (Å²) < 4.78 is 10.7. The molecule has 1 rings (SSSR count). The molecule has 3 unspecified atom stereocenters. The van der Waals surface area contributed by atoms with Crippen LogP contribution in [-0.4, -0.2) is 39.0 Å². The van der Waals surface area contributed by atoms with Crippen molar-refractivity contribution in [2.75, 3.05) is 20.8 Å². The minimum absolute atomic E-state index is 0.259. The van der Waals surface area contributed by atoms with Crippen LogP contribution < -0.4 is 5.32 Å². The lowest BCUT2D eigenvalue weighted by Gasteiger charge is -2.42. The molecule has 0 bridgehead atoms. The topological polar surface area (TPSA) is 30.5 Å². The Balaban J connectivity index is 2.30. The number of hydrogen-bond donors (Lipinski definition) is 1. The molecule has 0 aromatic heterocycles. The van der Waals surface area contributed by atoms with Gasteiger partial charge in [-0.25, -0.2) is 0 Å². The van der Waals surface area contributed by atoms with E-state index in [1.54, 1.807) is 7.11 Å². The summed E-state index contributed by atoms with van der Waals surface area (Å²) in [4.78, 5) is 0. The van der Waals surface area contributed by atoms with E-state index in [1.165, 1.54) is 0 Å². The molecule has 0 spiro atoms. The Labute approximate surface area is 68.1 Å². The second-order valence-electron chi connectivity index (χ2n) is 2.82. The molecule has 3 atom stereocenters. The summed E-state index contributed by atoms with van der Waals surface area (Å²) in [7, 11) is 3.70. The van der Waals surface area contributed by atoms with Crippen molar-refractivity contribution in [1.29, 1.82) is 0 Å². The highest BCUT2D eigenvalue weighted by Gasteiger charge is 2.40. The second-order valence-corrected chi connectivity index (χ2v) is 2.82. The summed E-state index contributed by atoms with van der Waals surface area (Å²) >= 11 is 0. The van der Waals surface area contributed by atoms with Crippen LogP contribution in [0.5, 0.6) is 0 Å². The minimum Gasteiger partial charge on any atom is -0.379 e. The summed E-state index contributed by atoms with van der Waals surface area (Å²) in [5.74, 6) is 0. The maximum absolute atomic E-state index is 5.50. The van der Waals surface area contributed by atoms with Crippen molar-refractivity contribution < 1.29 is 9.47 Å². The molecular formula is C8H17NO2. The zero-order valence-electron chi connectivity index (χ0n) is 7.46. The van der Waals surface area contributed by atoms with E-state index in [1.807, 2.05) is 14.0 Å². The minimum atomic E-state index is 0.259. The van der Waals surface area contributed by atoms with Gasteiger partial charge in [0.1, 0.15) is 0 Å². The number of methoxy groups -OCH3 is 1. The van der Waals surface area contributed by atoms with Gasteiger partial charge in [0.05, 0.1) is 12.2 Å². The van der Waals surface area contributed by atoms with Crippen LogP contribution in [0.3, 0.4) is 0 Å². The van der Waals surface area contributed by atoms with E-state index in [-0.39, 0.29) is 6.10 Å². The van der Waals surface area contributed by atoms with Crippen LogP contribution in [0, 0.1) is 0 Å². The first-order valence-electron chi connectivity index (χ1n) is 4.15. The number of hydrogen-bond acceptors (Lipinski definition) is 3. The van der Waals surface area contributed by atoms with Gasteiger partial charge in [0.2, 0.25) is 0 Å². The fourth-order valence-electron chi connectivity index (χ4n) is 1.51. The van der Waals surface area contributed by atoms with E-state index < -0.39 is 0 Å². The first kappa shape index (κ1) is 8.97. The van der Waals surface area contributed by atoms with Crippen LogP contribution >= 0.6 is 0 Å². The molecule has 0 amide bonds. The number of likely N-dealkylation sites (N-methyl/N-ethyl adjacent to an activating group) is 1. The molecule has 1 fully saturated rings. The molecule has 66 valence electrons. The third kappa shape index (κ3) is 1.72. The fraction of sp³-hybridized carbons (Fsp3) is 1.00. The second kappa shape index (κ2) is 4.04. The highest BCUT2D eigenvalue weighted by atomic mass is 16.5. The lowest BCUT2D eigenvalue weighted by Crippen LogP contribution is -2.58. The third-order valence-electron chi connectivity index (χ3n) is 2.28. The van der Waals surface area contributed by atoms with Crippen molar-refractivity contribution in [3.63, 3.8) is 0 Å². The Bertz CT molecular complexity index is 109. The first-order chi connectivity index (χ1) is 5.33. The van der Waals surface area contributed by atoms with Crippen molar-refractivity contribution in [3.05, 3.63) is 0 Å². The van der Waals surface area contributed by atoms with Gasteiger partial charge in [0, 0.05) is 19.8 Å². The van der Waals surface area contributed by atoms with Crippen molar-refractivity contribution in [3.8, 4) is 0 Å². The Morgan fingerprint density at radius 1 is 1.55 bits per heavy atom. The van der Waals surface area contributed by atoms with Gasteiger partial charge in [-0.2, -0.15) is 0 Å². The van der Waals surface area contributed by atoms with E-state index in [2.05, 4.69) is 5.32 Å². The molecule has 11 heavy (non-hydrogen) atoms. The molecular weight excluding hydrogens is 142 g/mol. The van der Waals surface area contributed by atoms with Gasteiger partial charge < -0.3 is 14.8 Å². The molecule has 0 radical (unpaired) electrons. The third-order valence-corrected chi connectivity index (χ3v) is 2.28. The van der Waals surface area contributed by atoms with Crippen LogP contribution in [0.25, 0.3) is 0 Å². The van der Waals surface area contributed by atoms with Crippen LogP contribution in [0.1, 0.15) is 13.3 Å². The van der Waals surface area contributed by atoms with Gasteiger partial charge in [-0.3, -0.25) is 0 Å². The summed E-state index contributed by atoms with van der Waals surface area (Å²) in [6.45, 7) is 2.78. The average Bonchev–Trinajstić information content (AvgIpc) is 2.00. The molecule has 1 aliphatic carbocycles. The SMILES string of the molecule is CCOC1C(NC)CC1OC. The molecule has 1 saturated carbocycles. The van der Waals surface area contributed by atoms with Crippen LogP contribution in [0.2, 0.25) is 0 Å². The summed E-state index contributed by atoms with van der Waals surface area (Å²) in [5, 5.41) is 3.20. The zero-order valence-corrected chi connectivity index (χ0v) is 7.46. The van der Waals surface area contributed by atoms with E-state index in [0.717, 1.165) is 13.0 Å². The normalized spacial score (nSPS) is 36.8. The molecule has 1 aliphatic rings. The fourth-order valence-corrected chi connectivity index (χ4v) is 1.51. The summed E-state index contributed by atoms with van der Waals surface area (Å²) in [6, 6.07) is 0.486. The van der Waals surface area contributed by atoms with Crippen molar-refractivity contribution in [2.24, 2.45) is 0 Å². The first-order valence-corrected chi connectivity index (χ1v) is 4.15. The predicted octanol–water partition coefficient (Wildman–Crippen LogP) is 0.398.